The van der Waals surface area contributed by atoms with Crippen molar-refractivity contribution >= 4 is 37.1 Å². The van der Waals surface area contributed by atoms with Gasteiger partial charge < -0.3 is 10.6 Å². The van der Waals surface area contributed by atoms with Gasteiger partial charge in [-0.2, -0.15) is 4.31 Å². The van der Waals surface area contributed by atoms with E-state index in [9.17, 15) is 21.6 Å². The van der Waals surface area contributed by atoms with Gasteiger partial charge in [0, 0.05) is 24.5 Å². The number of amides is 1. The van der Waals surface area contributed by atoms with Crippen LogP contribution in [0.1, 0.15) is 20.8 Å². The Morgan fingerprint density at radius 3 is 1.80 bits per heavy atom. The highest BCUT2D eigenvalue weighted by molar-refractivity contribution is 7.91. The molecule has 2 aromatic carbocycles. The van der Waals surface area contributed by atoms with Crippen molar-refractivity contribution in [1.29, 1.82) is 0 Å². The average molecular weight is 454 g/mol. The van der Waals surface area contributed by atoms with Gasteiger partial charge in [-0.3, -0.25) is 4.79 Å². The predicted molar refractivity (Wildman–Crippen MR) is 118 cm³/mol. The first kappa shape index (κ1) is 23.8. The molecule has 0 aliphatic carbocycles. The number of rotatable bonds is 10. The fraction of sp³-hybridized carbons (Fsp3) is 0.350. The van der Waals surface area contributed by atoms with E-state index in [1.807, 2.05) is 0 Å². The number of carbonyl (C=O) groups excluding carboxylic acids is 1. The van der Waals surface area contributed by atoms with Crippen molar-refractivity contribution in [2.75, 3.05) is 36.0 Å². The molecule has 0 saturated heterocycles. The number of benzene rings is 2. The summed E-state index contributed by atoms with van der Waals surface area (Å²) < 4.78 is 50.0. The normalized spacial score (nSPS) is 12.0. The molecule has 1 amide bonds. The van der Waals surface area contributed by atoms with Crippen LogP contribution >= 0.6 is 0 Å². The van der Waals surface area contributed by atoms with Crippen LogP contribution in [0, 0.1) is 0 Å². The van der Waals surface area contributed by atoms with Crippen LogP contribution < -0.4 is 10.6 Å². The third-order valence-corrected chi connectivity index (χ3v) is 8.34. The Balaban J connectivity index is 1.96. The van der Waals surface area contributed by atoms with Crippen LogP contribution in [-0.2, 0) is 24.7 Å². The van der Waals surface area contributed by atoms with Crippen LogP contribution in [-0.4, -0.2) is 52.4 Å². The van der Waals surface area contributed by atoms with Gasteiger partial charge in [0.1, 0.15) is 0 Å². The molecule has 8 nitrogen and oxygen atoms in total. The number of hydrogen-bond donors (Lipinski definition) is 2. The Labute approximate surface area is 178 Å². The van der Waals surface area contributed by atoms with Gasteiger partial charge in [0.05, 0.1) is 22.1 Å². The Morgan fingerprint density at radius 2 is 1.30 bits per heavy atom. The van der Waals surface area contributed by atoms with E-state index < -0.39 is 19.9 Å². The molecule has 0 aliphatic rings. The molecule has 0 spiro atoms. The predicted octanol–water partition coefficient (Wildman–Crippen LogP) is 2.56. The maximum Gasteiger partial charge on any atom is 0.243 e. The van der Waals surface area contributed by atoms with Gasteiger partial charge in [0.25, 0.3) is 0 Å². The van der Waals surface area contributed by atoms with Crippen molar-refractivity contribution in [1.82, 2.24) is 4.31 Å². The van der Waals surface area contributed by atoms with Crippen LogP contribution in [0.4, 0.5) is 11.4 Å². The summed E-state index contributed by atoms with van der Waals surface area (Å²) in [5.41, 5.74) is 1.09. The van der Waals surface area contributed by atoms with Crippen molar-refractivity contribution in [2.24, 2.45) is 0 Å². The molecule has 2 rings (SSSR count). The molecule has 0 saturated carbocycles. The van der Waals surface area contributed by atoms with Crippen molar-refractivity contribution in [3.8, 4) is 0 Å². The molecule has 164 valence electrons. The molecule has 2 aromatic rings. The summed E-state index contributed by atoms with van der Waals surface area (Å²) in [6.07, 6.45) is 0. The molecule has 30 heavy (non-hydrogen) atoms. The van der Waals surface area contributed by atoms with E-state index in [1.165, 1.54) is 28.6 Å². The van der Waals surface area contributed by atoms with E-state index in [4.69, 9.17) is 0 Å². The zero-order valence-corrected chi connectivity index (χ0v) is 18.9. The van der Waals surface area contributed by atoms with Gasteiger partial charge in [-0.05, 0) is 48.5 Å². The van der Waals surface area contributed by atoms with Gasteiger partial charge in [-0.1, -0.05) is 20.8 Å². The highest BCUT2D eigenvalue weighted by atomic mass is 32.2. The minimum absolute atomic E-state index is 0.0250. The van der Waals surface area contributed by atoms with Gasteiger partial charge in [-0.15, -0.1) is 0 Å². The minimum atomic E-state index is -3.54. The lowest BCUT2D eigenvalue weighted by atomic mass is 10.3. The van der Waals surface area contributed by atoms with Crippen LogP contribution in [0.3, 0.4) is 0 Å². The first-order valence-electron chi connectivity index (χ1n) is 9.60. The molecular weight excluding hydrogens is 426 g/mol. The summed E-state index contributed by atoms with van der Waals surface area (Å²) in [5.74, 6) is -0.295. The van der Waals surface area contributed by atoms with Crippen LogP contribution in [0.15, 0.2) is 58.3 Å². The lowest BCUT2D eigenvalue weighted by molar-refractivity contribution is -0.114. The van der Waals surface area contributed by atoms with Crippen LogP contribution in [0.2, 0.25) is 0 Å². The molecule has 0 fully saturated rings. The van der Waals surface area contributed by atoms with Gasteiger partial charge in [-0.25, -0.2) is 16.8 Å². The first-order chi connectivity index (χ1) is 14.1. The second-order valence-corrected chi connectivity index (χ2v) is 10.7. The monoisotopic (exact) mass is 453 g/mol. The van der Waals surface area contributed by atoms with E-state index in [0.717, 1.165) is 0 Å². The highest BCUT2D eigenvalue weighted by Gasteiger charge is 2.21. The van der Waals surface area contributed by atoms with E-state index in [1.54, 1.807) is 45.0 Å². The molecule has 0 atom stereocenters. The largest absolute Gasteiger partial charge is 0.376 e. The van der Waals surface area contributed by atoms with Crippen LogP contribution in [0.25, 0.3) is 0 Å². The number of sulfone groups is 1. The third kappa shape index (κ3) is 5.80. The highest BCUT2D eigenvalue weighted by Crippen LogP contribution is 2.19. The Bertz CT molecular complexity index is 1060. The lowest BCUT2D eigenvalue weighted by Crippen LogP contribution is -2.30. The maximum atomic E-state index is 12.5. The number of nitrogens with one attached hydrogen (secondary N) is 2. The van der Waals surface area contributed by atoms with Gasteiger partial charge >= 0.3 is 0 Å². The molecule has 10 heteroatoms. The summed E-state index contributed by atoms with van der Waals surface area (Å²) in [6.45, 7) is 5.87. The fourth-order valence-corrected chi connectivity index (χ4v) is 5.10. The third-order valence-electron chi connectivity index (χ3n) is 4.53. The summed E-state index contributed by atoms with van der Waals surface area (Å²) in [4.78, 5) is 12.6. The number of hydrogen-bond acceptors (Lipinski definition) is 6. The zero-order chi connectivity index (χ0) is 22.4. The molecule has 2 N–H and O–H groups in total. The van der Waals surface area contributed by atoms with E-state index in [0.29, 0.717) is 24.5 Å². The van der Waals surface area contributed by atoms with Crippen molar-refractivity contribution in [2.45, 2.75) is 30.6 Å². The lowest BCUT2D eigenvalue weighted by Gasteiger charge is -2.18. The van der Waals surface area contributed by atoms with Crippen molar-refractivity contribution in [3.63, 3.8) is 0 Å². The molecule has 0 radical (unpaired) electrons. The van der Waals surface area contributed by atoms with E-state index >= 15 is 0 Å². The zero-order valence-electron chi connectivity index (χ0n) is 17.3. The number of carbonyl (C=O) groups is 1. The summed E-state index contributed by atoms with van der Waals surface area (Å²) in [6, 6.07) is 12.2. The van der Waals surface area contributed by atoms with Gasteiger partial charge in [0.2, 0.25) is 15.9 Å². The molecule has 0 bridgehead atoms. The molecule has 0 heterocycles. The molecular formula is C20H27N3O5S2. The van der Waals surface area contributed by atoms with E-state index in [-0.39, 0.29) is 28.0 Å². The molecule has 0 aromatic heterocycles. The van der Waals surface area contributed by atoms with E-state index in [2.05, 4.69) is 10.6 Å². The summed E-state index contributed by atoms with van der Waals surface area (Å²) >= 11 is 0. The second kappa shape index (κ2) is 10.1. The summed E-state index contributed by atoms with van der Waals surface area (Å²) in [5, 5.41) is 5.60. The minimum Gasteiger partial charge on any atom is -0.376 e. The fourth-order valence-electron chi connectivity index (χ4n) is 2.76. The second-order valence-electron chi connectivity index (χ2n) is 6.44. The Kier molecular flexibility index (Phi) is 7.99. The van der Waals surface area contributed by atoms with Crippen molar-refractivity contribution < 1.29 is 21.6 Å². The Hall–Kier alpha value is -2.43. The first-order valence-corrected chi connectivity index (χ1v) is 12.7. The SMILES string of the molecule is CCN(CC)S(=O)(=O)c1ccc(NC(=O)CNc2ccc(S(=O)(=O)CC)cc2)cc1. The number of anilines is 2. The number of nitrogens with zero attached hydrogens (tertiary/aromatic N) is 1. The topological polar surface area (TPSA) is 113 Å². The quantitative estimate of drug-likeness (QED) is 0.572. The molecule has 0 unspecified atom stereocenters. The summed E-state index contributed by atoms with van der Waals surface area (Å²) in [7, 11) is -6.81. The smallest absolute Gasteiger partial charge is 0.243 e. The maximum absolute atomic E-state index is 12.5. The number of sulfonamides is 1. The Morgan fingerprint density at radius 1 is 0.800 bits per heavy atom. The standard InChI is InChI=1S/C20H27N3O5S2/c1-4-23(5-2)30(27,28)19-13-9-17(10-14-19)22-20(24)15-21-16-7-11-18(12-8-16)29(25,26)6-3/h7-14,21H,4-6,15H2,1-3H3,(H,22,24). The van der Waals surface area contributed by atoms with Gasteiger partial charge in [0.15, 0.2) is 9.84 Å². The average Bonchev–Trinajstić information content (AvgIpc) is 2.73. The molecule has 0 aliphatic heterocycles. The van der Waals surface area contributed by atoms with Crippen molar-refractivity contribution in [3.05, 3.63) is 48.5 Å². The van der Waals surface area contributed by atoms with Crippen LogP contribution in [0.5, 0.6) is 0 Å².